The Bertz CT molecular complexity index is 1650. The second-order valence-electron chi connectivity index (χ2n) is 7.77. The first kappa shape index (κ1) is 21.7. The summed E-state index contributed by atoms with van der Waals surface area (Å²) in [6.45, 7) is 0. The number of anilines is 1. The number of rotatable bonds is 3. The van der Waals surface area contributed by atoms with E-state index in [1.54, 1.807) is 0 Å². The van der Waals surface area contributed by atoms with Crippen LogP contribution in [0.5, 0.6) is 0 Å². The maximum absolute atomic E-state index is 13.3. The zero-order valence-corrected chi connectivity index (χ0v) is 21.8. The third-order valence-corrected chi connectivity index (χ3v) is 8.51. The molecule has 3 aromatic carbocycles. The second kappa shape index (κ2) is 8.42. The van der Waals surface area contributed by atoms with Crippen molar-refractivity contribution >= 4 is 94.5 Å². The predicted molar refractivity (Wildman–Crippen MR) is 149 cm³/mol. The van der Waals surface area contributed by atoms with Crippen LogP contribution in [0.15, 0.2) is 76.1 Å². The van der Waals surface area contributed by atoms with E-state index in [9.17, 15) is 4.79 Å². The molecule has 0 bridgehead atoms. The third-order valence-electron chi connectivity index (χ3n) is 5.73. The van der Waals surface area contributed by atoms with E-state index < -0.39 is 0 Å². The standard InChI is InChI=1S/C25H15BrN4OS3/c1-29-19-5-3-2-4-17(19)18-12-14(6-11-20(18)29)13-21-23(31)30(25(32)33-21)24-28-27-22(34-24)15-7-9-16(26)10-8-15/h2-13H,1H3/b21-13-. The molecule has 0 atom stereocenters. The van der Waals surface area contributed by atoms with E-state index in [-0.39, 0.29) is 5.91 Å². The molecule has 1 fully saturated rings. The van der Waals surface area contributed by atoms with Gasteiger partial charge in [0, 0.05) is 38.9 Å². The van der Waals surface area contributed by atoms with E-state index in [0.29, 0.717) is 14.4 Å². The van der Waals surface area contributed by atoms with Gasteiger partial charge in [-0.25, -0.2) is 4.90 Å². The fourth-order valence-electron chi connectivity index (χ4n) is 4.07. The number of nitrogens with zero attached hydrogens (tertiary/aromatic N) is 4. The van der Waals surface area contributed by atoms with Gasteiger partial charge >= 0.3 is 0 Å². The van der Waals surface area contributed by atoms with Crippen LogP contribution in [-0.4, -0.2) is 25.0 Å². The monoisotopic (exact) mass is 562 g/mol. The van der Waals surface area contributed by atoms with Gasteiger partial charge in [-0.2, -0.15) is 0 Å². The molecule has 5 aromatic rings. The Balaban J connectivity index is 1.33. The van der Waals surface area contributed by atoms with Crippen LogP contribution in [0.1, 0.15) is 5.56 Å². The fourth-order valence-corrected chi connectivity index (χ4v) is 6.57. The first-order chi connectivity index (χ1) is 16.5. The summed E-state index contributed by atoms with van der Waals surface area (Å²) in [5.74, 6) is -0.175. The van der Waals surface area contributed by atoms with E-state index in [2.05, 4.69) is 62.0 Å². The largest absolute Gasteiger partial charge is 0.344 e. The van der Waals surface area contributed by atoms with E-state index in [1.165, 1.54) is 38.9 Å². The number of para-hydroxylation sites is 1. The van der Waals surface area contributed by atoms with Gasteiger partial charge in [0.15, 0.2) is 4.32 Å². The summed E-state index contributed by atoms with van der Waals surface area (Å²) in [5.41, 5.74) is 4.23. The van der Waals surface area contributed by atoms with Crippen molar-refractivity contribution in [3.63, 3.8) is 0 Å². The van der Waals surface area contributed by atoms with Crippen LogP contribution in [0, 0.1) is 0 Å². The molecule has 1 saturated heterocycles. The average Bonchev–Trinajstić information content (AvgIpc) is 3.50. The van der Waals surface area contributed by atoms with Gasteiger partial charge < -0.3 is 4.57 Å². The van der Waals surface area contributed by atoms with E-state index >= 15 is 0 Å². The van der Waals surface area contributed by atoms with Crippen LogP contribution in [0.2, 0.25) is 0 Å². The maximum Gasteiger partial charge on any atom is 0.272 e. The molecule has 34 heavy (non-hydrogen) atoms. The highest BCUT2D eigenvalue weighted by atomic mass is 79.9. The number of amides is 1. The summed E-state index contributed by atoms with van der Waals surface area (Å²) < 4.78 is 3.64. The molecule has 0 unspecified atom stereocenters. The molecule has 9 heteroatoms. The molecular weight excluding hydrogens is 548 g/mol. The number of halogens is 1. The van der Waals surface area contributed by atoms with Gasteiger partial charge in [0.05, 0.1) is 4.91 Å². The highest BCUT2D eigenvalue weighted by Crippen LogP contribution is 2.39. The van der Waals surface area contributed by atoms with Crippen molar-refractivity contribution in [2.24, 2.45) is 7.05 Å². The molecule has 6 rings (SSSR count). The van der Waals surface area contributed by atoms with E-state index in [4.69, 9.17) is 12.2 Å². The summed E-state index contributed by atoms with van der Waals surface area (Å²) in [6.07, 6.45) is 1.90. The van der Waals surface area contributed by atoms with Gasteiger partial charge in [0.2, 0.25) is 5.13 Å². The summed E-state index contributed by atoms with van der Waals surface area (Å²) in [5, 5.41) is 12.1. The maximum atomic E-state index is 13.3. The second-order valence-corrected chi connectivity index (χ2v) is 11.3. The molecule has 166 valence electrons. The Morgan fingerprint density at radius 1 is 0.971 bits per heavy atom. The number of carbonyl (C=O) groups is 1. The number of carbonyl (C=O) groups excluding carboxylic acids is 1. The van der Waals surface area contributed by atoms with Crippen molar-refractivity contribution in [3.8, 4) is 10.6 Å². The Morgan fingerprint density at radius 2 is 1.74 bits per heavy atom. The molecule has 2 aromatic heterocycles. The van der Waals surface area contributed by atoms with Crippen LogP contribution in [0.4, 0.5) is 5.13 Å². The van der Waals surface area contributed by atoms with Crippen LogP contribution >= 0.6 is 51.2 Å². The molecule has 5 nitrogen and oxygen atoms in total. The molecule has 3 heterocycles. The Morgan fingerprint density at radius 3 is 2.56 bits per heavy atom. The number of aromatic nitrogens is 3. The lowest BCUT2D eigenvalue weighted by Crippen LogP contribution is -2.27. The van der Waals surface area contributed by atoms with Crippen LogP contribution in [-0.2, 0) is 11.8 Å². The lowest BCUT2D eigenvalue weighted by molar-refractivity contribution is -0.113. The first-order valence-electron chi connectivity index (χ1n) is 10.3. The number of thioether (sulfide) groups is 1. The fraction of sp³-hybridized carbons (Fsp3) is 0.0400. The molecule has 1 aliphatic rings. The normalized spacial score (nSPS) is 15.4. The molecule has 0 saturated carbocycles. The Hall–Kier alpha value is -2.85. The minimum atomic E-state index is -0.175. The molecular formula is C25H15BrN4OS3. The molecule has 1 amide bonds. The number of benzene rings is 3. The average molecular weight is 564 g/mol. The van der Waals surface area contributed by atoms with Crippen molar-refractivity contribution in [1.82, 2.24) is 14.8 Å². The highest BCUT2D eigenvalue weighted by Gasteiger charge is 2.35. The number of fused-ring (bicyclic) bond motifs is 3. The minimum Gasteiger partial charge on any atom is -0.344 e. The van der Waals surface area contributed by atoms with Gasteiger partial charge in [-0.3, -0.25) is 4.79 Å². The SMILES string of the molecule is Cn1c2ccccc2c2cc(/C=C3\SC(=S)N(c4nnc(-c5ccc(Br)cc5)s4)C3=O)ccc21. The summed E-state index contributed by atoms with van der Waals surface area (Å²) in [4.78, 5) is 15.3. The number of hydrogen-bond acceptors (Lipinski definition) is 6. The van der Waals surface area contributed by atoms with Gasteiger partial charge in [0.25, 0.3) is 5.91 Å². The lowest BCUT2D eigenvalue weighted by atomic mass is 10.1. The lowest BCUT2D eigenvalue weighted by Gasteiger charge is -2.08. The molecule has 0 spiro atoms. The molecule has 1 aliphatic heterocycles. The van der Waals surface area contributed by atoms with Crippen molar-refractivity contribution in [2.75, 3.05) is 4.90 Å². The zero-order chi connectivity index (χ0) is 23.4. The third kappa shape index (κ3) is 3.60. The van der Waals surface area contributed by atoms with Crippen molar-refractivity contribution in [1.29, 1.82) is 0 Å². The van der Waals surface area contributed by atoms with Gasteiger partial charge in [-0.15, -0.1) is 10.2 Å². The summed E-state index contributed by atoms with van der Waals surface area (Å²) in [6, 6.07) is 22.4. The Labute approximate surface area is 217 Å². The van der Waals surface area contributed by atoms with Crippen LogP contribution in [0.3, 0.4) is 0 Å². The number of hydrogen-bond donors (Lipinski definition) is 0. The van der Waals surface area contributed by atoms with Crippen molar-refractivity contribution in [3.05, 3.63) is 81.7 Å². The smallest absolute Gasteiger partial charge is 0.272 e. The van der Waals surface area contributed by atoms with Gasteiger partial charge in [0.1, 0.15) is 5.01 Å². The first-order valence-corrected chi connectivity index (χ1v) is 13.2. The topological polar surface area (TPSA) is 51.0 Å². The van der Waals surface area contributed by atoms with Crippen LogP contribution in [0.25, 0.3) is 38.5 Å². The predicted octanol–water partition coefficient (Wildman–Crippen LogP) is 7.02. The zero-order valence-electron chi connectivity index (χ0n) is 17.7. The number of aryl methyl sites for hydroxylation is 1. The summed E-state index contributed by atoms with van der Waals surface area (Å²) >= 11 is 11.6. The van der Waals surface area contributed by atoms with Gasteiger partial charge in [-0.05, 0) is 42.0 Å². The molecule has 0 radical (unpaired) electrons. The van der Waals surface area contributed by atoms with Crippen molar-refractivity contribution in [2.45, 2.75) is 0 Å². The Kier molecular flexibility index (Phi) is 5.37. The molecule has 0 N–H and O–H groups in total. The van der Waals surface area contributed by atoms with Crippen LogP contribution < -0.4 is 4.90 Å². The summed E-state index contributed by atoms with van der Waals surface area (Å²) in [7, 11) is 2.07. The number of thiocarbonyl (C=S) groups is 1. The van der Waals surface area contributed by atoms with Crippen molar-refractivity contribution < 1.29 is 4.79 Å². The van der Waals surface area contributed by atoms with E-state index in [0.717, 1.165) is 31.5 Å². The van der Waals surface area contributed by atoms with E-state index in [1.807, 2.05) is 48.5 Å². The quantitative estimate of drug-likeness (QED) is 0.175. The molecule has 0 aliphatic carbocycles. The van der Waals surface area contributed by atoms with Gasteiger partial charge in [-0.1, -0.05) is 87.6 Å². The minimum absolute atomic E-state index is 0.175. The highest BCUT2D eigenvalue weighted by molar-refractivity contribution is 9.10.